The van der Waals surface area contributed by atoms with E-state index in [-0.39, 0.29) is 22.7 Å². The molecule has 0 aliphatic rings. The Morgan fingerprint density at radius 3 is 2.41 bits per heavy atom. The van der Waals surface area contributed by atoms with Gasteiger partial charge in [0.05, 0.1) is 19.1 Å². The molecule has 29 heavy (non-hydrogen) atoms. The summed E-state index contributed by atoms with van der Waals surface area (Å²) in [7, 11) is 3.46. The van der Waals surface area contributed by atoms with E-state index in [0.29, 0.717) is 18.0 Å². The van der Waals surface area contributed by atoms with Gasteiger partial charge >= 0.3 is 6.18 Å². The highest BCUT2D eigenvalue weighted by Gasteiger charge is 2.28. The molecule has 1 atom stereocenters. The summed E-state index contributed by atoms with van der Waals surface area (Å²) in [5.74, 6) is 0.337. The number of hydrogen-bond donors (Lipinski definition) is 2. The highest BCUT2D eigenvalue weighted by atomic mass is 19.4. The van der Waals surface area contributed by atoms with Crippen LogP contribution in [0.1, 0.15) is 36.2 Å². The molecule has 1 aromatic carbocycles. The van der Waals surface area contributed by atoms with Crippen molar-refractivity contribution >= 4 is 17.0 Å². The van der Waals surface area contributed by atoms with Crippen LogP contribution in [0.5, 0.6) is 0 Å². The van der Waals surface area contributed by atoms with E-state index in [1.807, 2.05) is 6.92 Å². The number of benzene rings is 1. The summed E-state index contributed by atoms with van der Waals surface area (Å²) < 4.78 is 39.4. The fourth-order valence-corrected chi connectivity index (χ4v) is 3.28. The lowest BCUT2D eigenvalue weighted by Crippen LogP contribution is -2.20. The number of fused-ring (bicyclic) bond motifs is 1. The second-order valence-electron chi connectivity index (χ2n) is 6.99. The fourth-order valence-electron chi connectivity index (χ4n) is 3.28. The zero-order valence-corrected chi connectivity index (χ0v) is 16.3. The minimum atomic E-state index is -4.27. The first-order valence-electron chi connectivity index (χ1n) is 9.09. The maximum absolute atomic E-state index is 12.6. The Bertz CT molecular complexity index is 1050. The van der Waals surface area contributed by atoms with Crippen molar-refractivity contribution in [1.82, 2.24) is 19.7 Å². The van der Waals surface area contributed by atoms with Crippen molar-refractivity contribution in [3.8, 4) is 0 Å². The van der Waals surface area contributed by atoms with Crippen LogP contribution in [0.15, 0.2) is 29.1 Å². The van der Waals surface area contributed by atoms with Crippen molar-refractivity contribution in [3.63, 3.8) is 0 Å². The van der Waals surface area contributed by atoms with Gasteiger partial charge in [-0.05, 0) is 17.5 Å². The normalized spacial score (nSPS) is 13.1. The van der Waals surface area contributed by atoms with Crippen LogP contribution in [0.4, 0.5) is 19.1 Å². The van der Waals surface area contributed by atoms with Crippen molar-refractivity contribution in [2.75, 3.05) is 19.0 Å². The molecular formula is C19H22F3N5O2. The molecule has 3 rings (SSSR count). The number of aliphatic hydroxyl groups excluding tert-OH is 1. The minimum absolute atomic E-state index is 0.168. The Morgan fingerprint density at radius 1 is 1.24 bits per heavy atom. The summed E-state index contributed by atoms with van der Waals surface area (Å²) in [6, 6.07) is 5.77. The number of aromatic amines is 1. The van der Waals surface area contributed by atoms with Crippen molar-refractivity contribution in [2.24, 2.45) is 0 Å². The van der Waals surface area contributed by atoms with E-state index in [1.165, 1.54) is 12.1 Å². The first-order chi connectivity index (χ1) is 13.6. The predicted octanol–water partition coefficient (Wildman–Crippen LogP) is 2.78. The number of rotatable bonds is 6. The number of nitrogens with one attached hydrogen (secondary N) is 1. The van der Waals surface area contributed by atoms with Crippen LogP contribution in [0, 0.1) is 0 Å². The number of aromatic nitrogens is 4. The number of hydrogen-bond acceptors (Lipinski definition) is 5. The molecule has 0 saturated heterocycles. The van der Waals surface area contributed by atoms with Crippen LogP contribution in [0.25, 0.3) is 11.0 Å². The average Bonchev–Trinajstić information content (AvgIpc) is 3.01. The van der Waals surface area contributed by atoms with Gasteiger partial charge in [0.25, 0.3) is 5.56 Å². The minimum Gasteiger partial charge on any atom is -0.390 e. The van der Waals surface area contributed by atoms with E-state index in [2.05, 4.69) is 15.1 Å². The lowest BCUT2D eigenvalue weighted by Gasteiger charge is -2.18. The molecule has 2 heterocycles. The molecule has 2 N–H and O–H groups in total. The molecule has 7 nitrogen and oxygen atoms in total. The monoisotopic (exact) mass is 409 g/mol. The Balaban J connectivity index is 2.11. The molecule has 0 bridgehead atoms. The Labute approximate surface area is 164 Å². The molecule has 2 aromatic heterocycles. The lowest BCUT2D eigenvalue weighted by atomic mass is 10.0. The van der Waals surface area contributed by atoms with Gasteiger partial charge in [-0.1, -0.05) is 31.2 Å². The summed E-state index contributed by atoms with van der Waals surface area (Å²) in [5.41, 5.74) is 1.01. The second-order valence-corrected chi connectivity index (χ2v) is 6.99. The average molecular weight is 409 g/mol. The van der Waals surface area contributed by atoms with Gasteiger partial charge in [0, 0.05) is 14.1 Å². The Hall–Kier alpha value is -2.88. The largest absolute Gasteiger partial charge is 0.393 e. The number of anilines is 1. The van der Waals surface area contributed by atoms with E-state index in [0.717, 1.165) is 5.56 Å². The molecule has 0 radical (unpaired) electrons. The molecule has 10 heteroatoms. The van der Waals surface area contributed by atoms with Gasteiger partial charge in [0.2, 0.25) is 5.95 Å². The molecule has 0 aliphatic carbocycles. The standard InChI is InChI=1S/C19H22F3N5O2/c1-4-14(12-7-5-11(6-8-12)9-19(20,21)22)27-16-15(13(10-28)25-27)17(29)24-18(23-16)26(2)3/h5-8,14,28H,4,9-10H2,1-3H3,(H,23,24,29). The summed E-state index contributed by atoms with van der Waals surface area (Å²) in [6.45, 7) is 1.47. The van der Waals surface area contributed by atoms with E-state index in [4.69, 9.17) is 0 Å². The quantitative estimate of drug-likeness (QED) is 0.654. The summed E-state index contributed by atoms with van der Waals surface area (Å²) in [5, 5.41) is 14.2. The van der Waals surface area contributed by atoms with Gasteiger partial charge in [0.1, 0.15) is 11.1 Å². The number of alkyl halides is 3. The van der Waals surface area contributed by atoms with Crippen molar-refractivity contribution in [3.05, 3.63) is 51.4 Å². The van der Waals surface area contributed by atoms with Crippen LogP contribution in [0.2, 0.25) is 0 Å². The molecular weight excluding hydrogens is 387 g/mol. The Kier molecular flexibility index (Phi) is 5.65. The maximum atomic E-state index is 12.6. The van der Waals surface area contributed by atoms with E-state index in [1.54, 1.807) is 35.8 Å². The number of halogens is 3. The fraction of sp³-hybridized carbons (Fsp3) is 0.421. The number of H-pyrrole nitrogens is 1. The van der Waals surface area contributed by atoms with Gasteiger partial charge in [-0.15, -0.1) is 0 Å². The van der Waals surface area contributed by atoms with Crippen molar-refractivity contribution in [2.45, 2.75) is 38.6 Å². The lowest BCUT2D eigenvalue weighted by molar-refractivity contribution is -0.127. The van der Waals surface area contributed by atoms with Gasteiger partial charge < -0.3 is 10.0 Å². The van der Waals surface area contributed by atoms with Crippen LogP contribution in [-0.4, -0.2) is 45.1 Å². The van der Waals surface area contributed by atoms with Gasteiger partial charge in [-0.3, -0.25) is 9.78 Å². The topological polar surface area (TPSA) is 87.0 Å². The third-order valence-corrected chi connectivity index (χ3v) is 4.65. The molecule has 0 fully saturated rings. The molecule has 1 unspecified atom stereocenters. The Morgan fingerprint density at radius 2 is 1.90 bits per heavy atom. The summed E-state index contributed by atoms with van der Waals surface area (Å²) in [6.07, 6.45) is -4.70. The SMILES string of the molecule is CCC(c1ccc(CC(F)(F)F)cc1)n1nc(CO)c2c(=O)[nH]c(N(C)C)nc21. The molecule has 0 spiro atoms. The van der Waals surface area contributed by atoms with Gasteiger partial charge in [-0.25, -0.2) is 4.68 Å². The maximum Gasteiger partial charge on any atom is 0.393 e. The first kappa shape index (κ1) is 20.8. The van der Waals surface area contributed by atoms with Crippen molar-refractivity contribution in [1.29, 1.82) is 0 Å². The van der Waals surface area contributed by atoms with Crippen LogP contribution in [0.3, 0.4) is 0 Å². The molecule has 0 saturated carbocycles. The van der Waals surface area contributed by atoms with Crippen LogP contribution in [-0.2, 0) is 13.0 Å². The molecule has 0 aliphatic heterocycles. The third-order valence-electron chi connectivity index (χ3n) is 4.65. The zero-order valence-electron chi connectivity index (χ0n) is 16.3. The van der Waals surface area contributed by atoms with Gasteiger partial charge in [-0.2, -0.15) is 23.3 Å². The summed E-state index contributed by atoms with van der Waals surface area (Å²) in [4.78, 5) is 21.3. The van der Waals surface area contributed by atoms with E-state index in [9.17, 15) is 23.1 Å². The predicted molar refractivity (Wildman–Crippen MR) is 103 cm³/mol. The molecule has 0 amide bonds. The van der Waals surface area contributed by atoms with Crippen LogP contribution >= 0.6 is 0 Å². The highest BCUT2D eigenvalue weighted by molar-refractivity contribution is 5.78. The molecule has 156 valence electrons. The smallest absolute Gasteiger partial charge is 0.390 e. The third kappa shape index (κ3) is 4.26. The van der Waals surface area contributed by atoms with Crippen molar-refractivity contribution < 1.29 is 18.3 Å². The highest BCUT2D eigenvalue weighted by Crippen LogP contribution is 2.28. The summed E-state index contributed by atoms with van der Waals surface area (Å²) >= 11 is 0. The van der Waals surface area contributed by atoms with Crippen LogP contribution < -0.4 is 10.5 Å². The first-order valence-corrected chi connectivity index (χ1v) is 9.09. The van der Waals surface area contributed by atoms with Gasteiger partial charge in [0.15, 0.2) is 5.65 Å². The zero-order chi connectivity index (χ0) is 21.3. The second kappa shape index (κ2) is 7.86. The van der Waals surface area contributed by atoms with E-state index >= 15 is 0 Å². The number of nitrogens with zero attached hydrogens (tertiary/aromatic N) is 4. The molecule has 3 aromatic rings. The van der Waals surface area contributed by atoms with E-state index < -0.39 is 24.8 Å². The number of aliphatic hydroxyl groups is 1.